The minimum atomic E-state index is -0.106. The normalized spacial score (nSPS) is 17.1. The number of aromatic nitrogens is 3. The van der Waals surface area contributed by atoms with Crippen molar-refractivity contribution in [2.24, 2.45) is 0 Å². The molecule has 0 radical (unpaired) electrons. The first-order valence-corrected chi connectivity index (χ1v) is 8.70. The molecule has 1 N–H and O–H groups in total. The highest BCUT2D eigenvalue weighted by Gasteiger charge is 2.33. The molecule has 2 aromatic heterocycles. The van der Waals surface area contributed by atoms with Crippen LogP contribution in [0, 0.1) is 6.92 Å². The maximum atomic E-state index is 12.7. The molecule has 0 aliphatic carbocycles. The third-order valence-corrected chi connectivity index (χ3v) is 4.78. The van der Waals surface area contributed by atoms with Crippen LogP contribution in [0.2, 0.25) is 0 Å². The Morgan fingerprint density at radius 3 is 2.96 bits per heavy atom. The van der Waals surface area contributed by atoms with Crippen molar-refractivity contribution >= 4 is 23.2 Å². The van der Waals surface area contributed by atoms with Gasteiger partial charge in [0.25, 0.3) is 5.91 Å². The molecule has 7 nitrogen and oxygen atoms in total. The lowest BCUT2D eigenvalue weighted by Gasteiger charge is -2.25. The molecule has 1 unspecified atom stereocenters. The Morgan fingerprint density at radius 2 is 2.25 bits per heavy atom. The predicted octanol–water partition coefficient (Wildman–Crippen LogP) is 1.85. The maximum Gasteiger partial charge on any atom is 0.266 e. The van der Waals surface area contributed by atoms with E-state index < -0.39 is 0 Å². The first-order valence-electron chi connectivity index (χ1n) is 7.82. The highest BCUT2D eigenvalue weighted by molar-refractivity contribution is 7.11. The summed E-state index contributed by atoms with van der Waals surface area (Å²) >= 11 is 1.34. The van der Waals surface area contributed by atoms with E-state index in [4.69, 9.17) is 0 Å². The van der Waals surface area contributed by atoms with Crippen LogP contribution in [0.5, 0.6) is 0 Å². The summed E-state index contributed by atoms with van der Waals surface area (Å²) in [5, 5.41) is 2.79. The zero-order valence-electron chi connectivity index (χ0n) is 13.7. The molecule has 8 heteroatoms. The van der Waals surface area contributed by atoms with E-state index in [1.165, 1.54) is 18.3 Å². The number of carbonyl (C=O) groups excluding carboxylic acids is 2. The zero-order valence-corrected chi connectivity index (χ0v) is 14.5. The van der Waals surface area contributed by atoms with Gasteiger partial charge in [-0.1, -0.05) is 0 Å². The third-order valence-electron chi connectivity index (χ3n) is 4.02. The number of nitrogens with one attached hydrogen (secondary N) is 1. The summed E-state index contributed by atoms with van der Waals surface area (Å²) in [6.07, 6.45) is 5.12. The molecule has 0 spiro atoms. The average molecular weight is 345 g/mol. The van der Waals surface area contributed by atoms with Crippen LogP contribution in [-0.2, 0) is 11.3 Å². The molecular weight excluding hydrogens is 326 g/mol. The van der Waals surface area contributed by atoms with Crippen LogP contribution in [0.4, 0.5) is 0 Å². The Morgan fingerprint density at radius 1 is 1.42 bits per heavy atom. The van der Waals surface area contributed by atoms with Crippen LogP contribution in [0.15, 0.2) is 17.9 Å². The van der Waals surface area contributed by atoms with Crippen molar-refractivity contribution in [1.29, 1.82) is 0 Å². The van der Waals surface area contributed by atoms with Gasteiger partial charge in [-0.2, -0.15) is 0 Å². The van der Waals surface area contributed by atoms with Crippen LogP contribution < -0.4 is 5.32 Å². The molecule has 2 amide bonds. The second kappa shape index (κ2) is 7.04. The van der Waals surface area contributed by atoms with Crippen molar-refractivity contribution < 1.29 is 9.59 Å². The largest absolute Gasteiger partial charge is 0.352 e. The molecule has 2 aromatic rings. The van der Waals surface area contributed by atoms with Crippen molar-refractivity contribution in [2.45, 2.75) is 39.3 Å². The van der Waals surface area contributed by atoms with E-state index >= 15 is 0 Å². The van der Waals surface area contributed by atoms with Gasteiger partial charge >= 0.3 is 0 Å². The fourth-order valence-corrected chi connectivity index (χ4v) is 3.49. The first kappa shape index (κ1) is 16.5. The maximum absolute atomic E-state index is 12.7. The second-order valence-electron chi connectivity index (χ2n) is 5.76. The minimum Gasteiger partial charge on any atom is -0.352 e. The molecule has 126 valence electrons. The number of carbonyl (C=O) groups is 2. The first-order chi connectivity index (χ1) is 11.6. The lowest BCUT2D eigenvalue weighted by molar-refractivity contribution is -0.119. The lowest BCUT2D eigenvalue weighted by atomic mass is 10.1. The van der Waals surface area contributed by atoms with Gasteiger partial charge in [-0.15, -0.1) is 11.3 Å². The molecule has 3 rings (SSSR count). The molecule has 0 saturated carbocycles. The molecule has 1 fully saturated rings. The summed E-state index contributed by atoms with van der Waals surface area (Å²) in [6.45, 7) is 4.37. The summed E-state index contributed by atoms with van der Waals surface area (Å²) in [7, 11) is 0. The van der Waals surface area contributed by atoms with Gasteiger partial charge in [0.15, 0.2) is 0 Å². The Balaban J connectivity index is 1.90. The topological polar surface area (TPSA) is 88.1 Å². The second-order valence-corrected chi connectivity index (χ2v) is 6.65. The van der Waals surface area contributed by atoms with Crippen LogP contribution in [-0.4, -0.2) is 38.2 Å². The van der Waals surface area contributed by atoms with E-state index in [0.29, 0.717) is 23.8 Å². The molecule has 1 aliphatic rings. The summed E-state index contributed by atoms with van der Waals surface area (Å²) in [5.74, 6) is 0.543. The van der Waals surface area contributed by atoms with Gasteiger partial charge in [0.05, 0.1) is 23.4 Å². The summed E-state index contributed by atoms with van der Waals surface area (Å²) in [6, 6.07) is -0.0925. The van der Waals surface area contributed by atoms with E-state index in [1.807, 2.05) is 11.8 Å². The van der Waals surface area contributed by atoms with E-state index in [9.17, 15) is 9.59 Å². The van der Waals surface area contributed by atoms with Crippen molar-refractivity contribution in [1.82, 2.24) is 25.2 Å². The van der Waals surface area contributed by atoms with Crippen molar-refractivity contribution in [3.05, 3.63) is 39.9 Å². The number of rotatable bonds is 4. The third kappa shape index (κ3) is 3.43. The van der Waals surface area contributed by atoms with Crippen molar-refractivity contribution in [3.8, 4) is 0 Å². The Kier molecular flexibility index (Phi) is 4.84. The van der Waals surface area contributed by atoms with Crippen LogP contribution in [0.3, 0.4) is 0 Å². The number of hydrogen-bond acceptors (Lipinski definition) is 6. The molecule has 24 heavy (non-hydrogen) atoms. The van der Waals surface area contributed by atoms with E-state index in [-0.39, 0.29) is 17.9 Å². The van der Waals surface area contributed by atoms with E-state index in [1.54, 1.807) is 17.9 Å². The standard InChI is InChI=1S/C16H19N5O2S/c1-10-18-6-12(7-19-11(2)22)15(20-10)13-4-3-5-21(13)16(23)14-8-17-9-24-14/h6,8-9,13H,3-5,7H2,1-2H3,(H,19,22). The Bertz CT molecular complexity index is 747. The fourth-order valence-electron chi connectivity index (χ4n) is 2.91. The number of nitrogens with zero attached hydrogens (tertiary/aromatic N) is 4. The van der Waals surface area contributed by atoms with Gasteiger partial charge in [0.2, 0.25) is 5.91 Å². The Hall–Kier alpha value is -2.35. The number of amides is 2. The van der Waals surface area contributed by atoms with Gasteiger partial charge in [-0.25, -0.2) is 9.97 Å². The molecule has 3 heterocycles. The van der Waals surface area contributed by atoms with Gasteiger partial charge in [-0.05, 0) is 19.8 Å². The van der Waals surface area contributed by atoms with Gasteiger partial charge in [0, 0.05) is 31.8 Å². The van der Waals surface area contributed by atoms with Crippen molar-refractivity contribution in [3.63, 3.8) is 0 Å². The van der Waals surface area contributed by atoms with Crippen LogP contribution in [0.25, 0.3) is 0 Å². The number of thiazole rings is 1. The molecule has 0 bridgehead atoms. The highest BCUT2D eigenvalue weighted by Crippen LogP contribution is 2.34. The summed E-state index contributed by atoms with van der Waals surface area (Å²) < 4.78 is 0. The van der Waals surface area contributed by atoms with Crippen LogP contribution >= 0.6 is 11.3 Å². The number of aryl methyl sites for hydroxylation is 1. The van der Waals surface area contributed by atoms with Gasteiger partial charge in [-0.3, -0.25) is 14.6 Å². The van der Waals surface area contributed by atoms with Crippen LogP contribution in [0.1, 0.15) is 52.6 Å². The molecule has 0 aromatic carbocycles. The highest BCUT2D eigenvalue weighted by atomic mass is 32.1. The molecular formula is C16H19N5O2S. The van der Waals surface area contributed by atoms with Gasteiger partial charge in [0.1, 0.15) is 10.7 Å². The summed E-state index contributed by atoms with van der Waals surface area (Å²) in [5.41, 5.74) is 3.34. The molecule has 1 aliphatic heterocycles. The average Bonchev–Trinajstić information content (AvgIpc) is 3.24. The van der Waals surface area contributed by atoms with Crippen molar-refractivity contribution in [2.75, 3.05) is 6.54 Å². The minimum absolute atomic E-state index is 0.0123. The fraction of sp³-hybridized carbons (Fsp3) is 0.438. The molecule has 1 saturated heterocycles. The molecule has 1 atom stereocenters. The SMILES string of the molecule is CC(=O)NCc1cnc(C)nc1C1CCCN1C(=O)c1cncs1. The lowest BCUT2D eigenvalue weighted by Crippen LogP contribution is -2.32. The smallest absolute Gasteiger partial charge is 0.266 e. The Labute approximate surface area is 144 Å². The quantitative estimate of drug-likeness (QED) is 0.914. The van der Waals surface area contributed by atoms with Gasteiger partial charge < -0.3 is 10.2 Å². The van der Waals surface area contributed by atoms with E-state index in [2.05, 4.69) is 20.3 Å². The predicted molar refractivity (Wildman–Crippen MR) is 89.4 cm³/mol. The van der Waals surface area contributed by atoms with E-state index in [0.717, 1.165) is 24.1 Å². The zero-order chi connectivity index (χ0) is 17.1. The summed E-state index contributed by atoms with van der Waals surface area (Å²) in [4.78, 5) is 39.3. The monoisotopic (exact) mass is 345 g/mol. The number of likely N-dealkylation sites (tertiary alicyclic amines) is 1. The number of hydrogen-bond donors (Lipinski definition) is 1.